The van der Waals surface area contributed by atoms with E-state index in [1.807, 2.05) is 0 Å². The lowest BCUT2D eigenvalue weighted by atomic mass is 9.99. The van der Waals surface area contributed by atoms with Crippen LogP contribution in [0.1, 0.15) is 29.4 Å². The molecule has 34 heavy (non-hydrogen) atoms. The Kier molecular flexibility index (Phi) is 6.66. The number of morpholine rings is 1. The van der Waals surface area contributed by atoms with Crippen molar-refractivity contribution in [2.45, 2.75) is 38.1 Å². The average Bonchev–Trinajstić information content (AvgIpc) is 3.48. The molecule has 3 aromatic heterocycles. The minimum atomic E-state index is -3.66. The van der Waals surface area contributed by atoms with Crippen molar-refractivity contribution in [2.24, 2.45) is 0 Å². The van der Waals surface area contributed by atoms with Crippen LogP contribution >= 0.6 is 11.3 Å². The lowest BCUT2D eigenvalue weighted by Crippen LogP contribution is -2.58. The van der Waals surface area contributed by atoms with Gasteiger partial charge < -0.3 is 9.15 Å². The highest BCUT2D eigenvalue weighted by Gasteiger charge is 2.38. The Balaban J connectivity index is 1.30. The van der Waals surface area contributed by atoms with Crippen molar-refractivity contribution in [3.63, 3.8) is 0 Å². The Morgan fingerprint density at radius 3 is 2.65 bits per heavy atom. The second-order valence-corrected chi connectivity index (χ2v) is 11.3. The van der Waals surface area contributed by atoms with Crippen molar-refractivity contribution >= 4 is 21.4 Å². The quantitative estimate of drug-likeness (QED) is 0.404. The fourth-order valence-corrected chi connectivity index (χ4v) is 6.31. The van der Waals surface area contributed by atoms with Gasteiger partial charge in [-0.15, -0.1) is 21.5 Å². The minimum Gasteiger partial charge on any atom is -0.414 e. The number of hydrogen-bond acceptors (Lipinski definition) is 10. The number of fused-ring (bicyclic) bond motifs is 2. The maximum absolute atomic E-state index is 13.3. The summed E-state index contributed by atoms with van der Waals surface area (Å²) in [6, 6.07) is 5.32. The van der Waals surface area contributed by atoms with Crippen molar-refractivity contribution < 1.29 is 26.4 Å². The molecule has 0 aliphatic carbocycles. The summed E-state index contributed by atoms with van der Waals surface area (Å²) in [4.78, 5) is 11.0. The highest BCUT2D eigenvalue weighted by molar-refractivity contribution is 7.89. The summed E-state index contributed by atoms with van der Waals surface area (Å²) in [5.41, 5.74) is 0.606. The Bertz CT molecular complexity index is 1210. The van der Waals surface area contributed by atoms with Gasteiger partial charge in [-0.25, -0.2) is 13.4 Å². The second kappa shape index (κ2) is 9.70. The van der Waals surface area contributed by atoms with Crippen LogP contribution in [-0.4, -0.2) is 75.4 Å². The van der Waals surface area contributed by atoms with E-state index in [1.165, 1.54) is 10.5 Å². The number of nitrogens with zero attached hydrogens (tertiary/aromatic N) is 6. The number of ether oxygens (including phenoxy) is 1. The molecule has 182 valence electrons. The van der Waals surface area contributed by atoms with Gasteiger partial charge in [0.1, 0.15) is 9.88 Å². The molecule has 3 aromatic rings. The Hall–Kier alpha value is -2.39. The van der Waals surface area contributed by atoms with E-state index in [-0.39, 0.29) is 36.9 Å². The van der Waals surface area contributed by atoms with E-state index >= 15 is 0 Å². The molecule has 3 aliphatic rings. The number of sulfonamides is 1. The van der Waals surface area contributed by atoms with Crippen LogP contribution in [0.15, 0.2) is 35.0 Å². The SMILES string of the molecule is O=S(=O)(CCN1CC2CC(C1)O2)N(Cc1ccccn1)Cc1ncc(-c2nnc(C(F)F)o2)s1. The molecule has 0 amide bonds. The number of thiazole rings is 1. The van der Waals surface area contributed by atoms with Gasteiger partial charge >= 0.3 is 6.43 Å². The number of aromatic nitrogens is 4. The monoisotopic (exact) mass is 512 g/mol. The first-order chi connectivity index (χ1) is 16.4. The predicted molar refractivity (Wildman–Crippen MR) is 117 cm³/mol. The van der Waals surface area contributed by atoms with Gasteiger partial charge in [-0.05, 0) is 12.1 Å². The van der Waals surface area contributed by atoms with Gasteiger partial charge in [-0.3, -0.25) is 9.88 Å². The lowest BCUT2D eigenvalue weighted by Gasteiger charge is -2.47. The molecular weight excluding hydrogens is 490 g/mol. The first kappa shape index (κ1) is 23.4. The maximum atomic E-state index is 13.3. The van der Waals surface area contributed by atoms with E-state index < -0.39 is 22.3 Å². The largest absolute Gasteiger partial charge is 0.414 e. The van der Waals surface area contributed by atoms with Crippen LogP contribution in [0.2, 0.25) is 0 Å². The van der Waals surface area contributed by atoms with Gasteiger partial charge in [-0.2, -0.15) is 13.1 Å². The lowest BCUT2D eigenvalue weighted by molar-refractivity contribution is -0.179. The third-order valence-corrected chi connectivity index (χ3v) is 8.37. The molecule has 3 fully saturated rings. The fourth-order valence-electron chi connectivity index (χ4n) is 3.98. The standard InChI is InChI=1S/C20H22F2N6O4S2/c21-18(22)20-26-25-19(32-20)16-8-24-17(33-16)12-28(9-13-3-1-2-4-23-13)34(29,30)6-5-27-10-14-7-15(11-27)31-14/h1-4,8,14-15,18H,5-7,9-12H2. The van der Waals surface area contributed by atoms with Crippen LogP contribution in [0.5, 0.6) is 0 Å². The van der Waals surface area contributed by atoms with E-state index in [4.69, 9.17) is 9.15 Å². The number of halogens is 2. The Morgan fingerprint density at radius 2 is 1.97 bits per heavy atom. The van der Waals surface area contributed by atoms with Crippen molar-refractivity contribution in [2.75, 3.05) is 25.4 Å². The molecule has 14 heteroatoms. The molecular formula is C20H22F2N6O4S2. The average molecular weight is 513 g/mol. The molecule has 10 nitrogen and oxygen atoms in total. The predicted octanol–water partition coefficient (Wildman–Crippen LogP) is 2.33. The van der Waals surface area contributed by atoms with Crippen LogP contribution in [0.4, 0.5) is 8.78 Å². The van der Waals surface area contributed by atoms with E-state index in [2.05, 4.69) is 25.1 Å². The maximum Gasteiger partial charge on any atom is 0.314 e. The minimum absolute atomic E-state index is 0.00772. The zero-order chi connectivity index (χ0) is 23.7. The van der Waals surface area contributed by atoms with E-state index in [1.54, 1.807) is 24.4 Å². The number of pyridine rings is 1. The summed E-state index contributed by atoms with van der Waals surface area (Å²) in [7, 11) is -3.66. The summed E-state index contributed by atoms with van der Waals surface area (Å²) >= 11 is 1.11. The Morgan fingerprint density at radius 1 is 1.18 bits per heavy atom. The molecule has 3 aliphatic heterocycles. The Labute approximate surface area is 198 Å². The van der Waals surface area contributed by atoms with Crippen LogP contribution in [0.25, 0.3) is 10.8 Å². The van der Waals surface area contributed by atoms with Crippen molar-refractivity contribution in [1.29, 1.82) is 0 Å². The van der Waals surface area contributed by atoms with Gasteiger partial charge in [0.25, 0.3) is 11.8 Å². The van der Waals surface area contributed by atoms with Crippen molar-refractivity contribution in [1.82, 2.24) is 29.4 Å². The van der Waals surface area contributed by atoms with Crippen LogP contribution in [0, 0.1) is 0 Å². The topological polar surface area (TPSA) is 115 Å². The summed E-state index contributed by atoms with van der Waals surface area (Å²) in [6.07, 6.45) is 1.60. The first-order valence-corrected chi connectivity index (χ1v) is 13.1. The number of hydrogen-bond donors (Lipinski definition) is 0. The van der Waals surface area contributed by atoms with Gasteiger partial charge in [0.2, 0.25) is 10.0 Å². The number of piperidine rings is 1. The van der Waals surface area contributed by atoms with Crippen molar-refractivity contribution in [3.8, 4) is 10.8 Å². The van der Waals surface area contributed by atoms with Crippen LogP contribution < -0.4 is 0 Å². The van der Waals surface area contributed by atoms with Gasteiger partial charge in [-0.1, -0.05) is 6.07 Å². The molecule has 6 heterocycles. The summed E-state index contributed by atoms with van der Waals surface area (Å²) in [5.74, 6) is -0.895. The van der Waals surface area contributed by atoms with E-state index in [0.717, 1.165) is 30.8 Å². The van der Waals surface area contributed by atoms with Gasteiger partial charge in [0.15, 0.2) is 0 Å². The molecule has 0 spiro atoms. The zero-order valence-corrected chi connectivity index (χ0v) is 19.6. The summed E-state index contributed by atoms with van der Waals surface area (Å²) < 4.78 is 64.1. The molecule has 2 unspecified atom stereocenters. The number of rotatable bonds is 10. The molecule has 6 rings (SSSR count). The molecule has 0 radical (unpaired) electrons. The second-order valence-electron chi connectivity index (χ2n) is 8.14. The van der Waals surface area contributed by atoms with Crippen molar-refractivity contribution in [3.05, 3.63) is 47.2 Å². The normalized spacial score (nSPS) is 20.7. The summed E-state index contributed by atoms with van der Waals surface area (Å²) in [6.45, 7) is 2.00. The smallest absolute Gasteiger partial charge is 0.314 e. The van der Waals surface area contributed by atoms with Gasteiger partial charge in [0.05, 0.1) is 42.9 Å². The molecule has 0 N–H and O–H groups in total. The summed E-state index contributed by atoms with van der Waals surface area (Å²) in [5, 5.41) is 7.41. The fraction of sp³-hybridized carbons (Fsp3) is 0.500. The van der Waals surface area contributed by atoms with Crippen LogP contribution in [-0.2, 0) is 27.8 Å². The first-order valence-electron chi connectivity index (χ1n) is 10.7. The highest BCUT2D eigenvalue weighted by Crippen LogP contribution is 2.30. The molecule has 2 atom stereocenters. The molecule has 3 saturated heterocycles. The van der Waals surface area contributed by atoms with E-state index in [9.17, 15) is 17.2 Å². The zero-order valence-electron chi connectivity index (χ0n) is 18.0. The molecule has 0 saturated carbocycles. The number of alkyl halides is 2. The van der Waals surface area contributed by atoms with E-state index in [0.29, 0.717) is 22.1 Å². The molecule has 2 bridgehead atoms. The third-order valence-electron chi connectivity index (χ3n) is 5.66. The molecule has 0 aromatic carbocycles. The van der Waals surface area contributed by atoms with Gasteiger partial charge in [0, 0.05) is 32.3 Å². The van der Waals surface area contributed by atoms with Crippen LogP contribution in [0.3, 0.4) is 0 Å². The third kappa shape index (κ3) is 5.30. The highest BCUT2D eigenvalue weighted by atomic mass is 32.2.